The second-order valence-electron chi connectivity index (χ2n) is 6.72. The molecule has 0 bridgehead atoms. The maximum absolute atomic E-state index is 12.8. The van der Waals surface area contributed by atoms with Crippen LogP contribution in [0.4, 0.5) is 21.9 Å². The van der Waals surface area contributed by atoms with Crippen LogP contribution in [0.1, 0.15) is 10.4 Å². The quantitative estimate of drug-likeness (QED) is 0.514. The lowest BCUT2D eigenvalue weighted by Crippen LogP contribution is -2.26. The number of hydrogen-bond acceptors (Lipinski definition) is 4. The molecule has 0 aliphatic heterocycles. The lowest BCUT2D eigenvalue weighted by Gasteiger charge is -2.17. The predicted molar refractivity (Wildman–Crippen MR) is 120 cm³/mol. The third-order valence-corrected chi connectivity index (χ3v) is 4.56. The summed E-state index contributed by atoms with van der Waals surface area (Å²) < 4.78 is 1.55. The van der Waals surface area contributed by atoms with Crippen molar-refractivity contribution in [1.29, 1.82) is 0 Å². The van der Waals surface area contributed by atoms with Crippen LogP contribution in [-0.2, 0) is 0 Å². The van der Waals surface area contributed by atoms with Crippen LogP contribution in [0.5, 0.6) is 0 Å². The second-order valence-corrected chi connectivity index (χ2v) is 6.72. The molecule has 0 fully saturated rings. The monoisotopic (exact) mass is 412 g/mol. The lowest BCUT2D eigenvalue weighted by molar-refractivity contribution is 0.0993. The largest absolute Gasteiger partial charge is 0.323 e. The number of urea groups is 1. The van der Waals surface area contributed by atoms with Gasteiger partial charge in [0.05, 0.1) is 11.8 Å². The topological polar surface area (TPSA) is 92.2 Å². The average molecular weight is 412 g/mol. The SMILES string of the molecule is CN(C(=O)c1cnn(-c2ccccn2)c1)c1ccc(NC(=O)Nc2ccccc2)cc1. The summed E-state index contributed by atoms with van der Waals surface area (Å²) in [6.07, 6.45) is 4.82. The minimum absolute atomic E-state index is 0.204. The first kappa shape index (κ1) is 19.8. The summed E-state index contributed by atoms with van der Waals surface area (Å²) in [5, 5.41) is 9.74. The summed E-state index contributed by atoms with van der Waals surface area (Å²) in [5.74, 6) is 0.429. The summed E-state index contributed by atoms with van der Waals surface area (Å²) in [4.78, 5) is 30.7. The van der Waals surface area contributed by atoms with Crippen LogP contribution in [0.3, 0.4) is 0 Å². The fourth-order valence-corrected chi connectivity index (χ4v) is 2.94. The van der Waals surface area contributed by atoms with Gasteiger partial charge in [-0.2, -0.15) is 5.10 Å². The highest BCUT2D eigenvalue weighted by molar-refractivity contribution is 6.05. The van der Waals surface area contributed by atoms with Gasteiger partial charge < -0.3 is 15.5 Å². The van der Waals surface area contributed by atoms with E-state index >= 15 is 0 Å². The highest BCUT2D eigenvalue weighted by Gasteiger charge is 2.16. The first-order chi connectivity index (χ1) is 15.1. The summed E-state index contributed by atoms with van der Waals surface area (Å²) >= 11 is 0. The Labute approximate surface area is 179 Å². The maximum atomic E-state index is 12.8. The van der Waals surface area contributed by atoms with E-state index in [4.69, 9.17) is 0 Å². The molecule has 8 nitrogen and oxygen atoms in total. The van der Waals surface area contributed by atoms with E-state index in [2.05, 4.69) is 20.7 Å². The van der Waals surface area contributed by atoms with E-state index in [1.54, 1.807) is 60.5 Å². The number of para-hydroxylation sites is 1. The standard InChI is InChI=1S/C23H20N6O2/c1-28(22(30)17-15-25-29(16-17)21-9-5-6-14-24-21)20-12-10-19(11-13-20)27-23(31)26-18-7-3-2-4-8-18/h2-16H,1H3,(H2,26,27,31). The molecular weight excluding hydrogens is 392 g/mol. The van der Waals surface area contributed by atoms with Crippen LogP contribution in [0.2, 0.25) is 0 Å². The summed E-state index contributed by atoms with van der Waals surface area (Å²) in [6, 6.07) is 21.3. The Morgan fingerprint density at radius 1 is 0.871 bits per heavy atom. The number of carbonyl (C=O) groups is 2. The molecular formula is C23H20N6O2. The van der Waals surface area contributed by atoms with Crippen molar-refractivity contribution < 1.29 is 9.59 Å². The molecule has 3 amide bonds. The van der Waals surface area contributed by atoms with Gasteiger partial charge in [-0.25, -0.2) is 14.5 Å². The van der Waals surface area contributed by atoms with E-state index in [0.717, 1.165) is 0 Å². The van der Waals surface area contributed by atoms with Crippen LogP contribution in [0, 0.1) is 0 Å². The molecule has 0 aliphatic carbocycles. The molecule has 8 heteroatoms. The van der Waals surface area contributed by atoms with Crippen LogP contribution < -0.4 is 15.5 Å². The third kappa shape index (κ3) is 4.76. The predicted octanol–water partition coefficient (Wildman–Crippen LogP) is 4.19. The van der Waals surface area contributed by atoms with E-state index in [1.807, 2.05) is 36.4 Å². The van der Waals surface area contributed by atoms with Crippen LogP contribution >= 0.6 is 0 Å². The van der Waals surface area contributed by atoms with Gasteiger partial charge in [-0.05, 0) is 48.5 Å². The Morgan fingerprint density at radius 2 is 1.55 bits per heavy atom. The molecule has 0 aliphatic rings. The van der Waals surface area contributed by atoms with Crippen molar-refractivity contribution in [1.82, 2.24) is 14.8 Å². The highest BCUT2D eigenvalue weighted by atomic mass is 16.2. The molecule has 4 aromatic rings. The number of nitrogens with zero attached hydrogens (tertiary/aromatic N) is 4. The second kappa shape index (κ2) is 8.91. The molecule has 0 saturated heterocycles. The molecule has 0 atom stereocenters. The Balaban J connectivity index is 1.40. The summed E-state index contributed by atoms with van der Waals surface area (Å²) in [7, 11) is 1.69. The van der Waals surface area contributed by atoms with Gasteiger partial charge in [-0.3, -0.25) is 4.79 Å². The molecule has 154 valence electrons. The molecule has 2 heterocycles. The Morgan fingerprint density at radius 3 is 2.23 bits per heavy atom. The highest BCUT2D eigenvalue weighted by Crippen LogP contribution is 2.19. The molecule has 2 N–H and O–H groups in total. The molecule has 31 heavy (non-hydrogen) atoms. The minimum atomic E-state index is -0.342. The van der Waals surface area contributed by atoms with Crippen molar-refractivity contribution in [3.8, 4) is 5.82 Å². The summed E-state index contributed by atoms with van der Waals surface area (Å²) in [6.45, 7) is 0. The van der Waals surface area contributed by atoms with Crippen molar-refractivity contribution in [3.05, 3.63) is 97.0 Å². The fraction of sp³-hybridized carbons (Fsp3) is 0.0435. The zero-order chi connectivity index (χ0) is 21.6. The number of benzene rings is 2. The number of rotatable bonds is 5. The number of anilines is 3. The molecule has 0 unspecified atom stereocenters. The van der Waals surface area contributed by atoms with Gasteiger partial charge in [-0.1, -0.05) is 24.3 Å². The first-order valence-corrected chi connectivity index (χ1v) is 9.57. The number of hydrogen-bond donors (Lipinski definition) is 2. The van der Waals surface area contributed by atoms with Crippen molar-refractivity contribution in [2.75, 3.05) is 22.6 Å². The van der Waals surface area contributed by atoms with Gasteiger partial charge in [0.2, 0.25) is 0 Å². The van der Waals surface area contributed by atoms with E-state index < -0.39 is 0 Å². The first-order valence-electron chi connectivity index (χ1n) is 9.57. The number of pyridine rings is 1. The van der Waals surface area contributed by atoms with Crippen LogP contribution in [0.15, 0.2) is 91.4 Å². The van der Waals surface area contributed by atoms with Gasteiger partial charge in [0.25, 0.3) is 5.91 Å². The smallest absolute Gasteiger partial charge is 0.311 e. The summed E-state index contributed by atoms with van der Waals surface area (Å²) in [5.41, 5.74) is 2.44. The zero-order valence-corrected chi connectivity index (χ0v) is 16.8. The molecule has 0 saturated carbocycles. The van der Waals surface area contributed by atoms with Crippen molar-refractivity contribution in [3.63, 3.8) is 0 Å². The number of carbonyl (C=O) groups excluding carboxylic acids is 2. The average Bonchev–Trinajstić information content (AvgIpc) is 3.30. The number of amides is 3. The van der Waals surface area contributed by atoms with E-state index in [-0.39, 0.29) is 11.9 Å². The Kier molecular flexibility index (Phi) is 5.70. The van der Waals surface area contributed by atoms with Crippen LogP contribution in [0.25, 0.3) is 5.82 Å². The van der Waals surface area contributed by atoms with E-state index in [9.17, 15) is 9.59 Å². The lowest BCUT2D eigenvalue weighted by atomic mass is 10.2. The van der Waals surface area contributed by atoms with Crippen molar-refractivity contribution >= 4 is 29.0 Å². The molecule has 0 spiro atoms. The maximum Gasteiger partial charge on any atom is 0.323 e. The van der Waals surface area contributed by atoms with Gasteiger partial charge in [0.1, 0.15) is 0 Å². The number of nitrogens with one attached hydrogen (secondary N) is 2. The molecule has 4 rings (SSSR count). The molecule has 2 aromatic heterocycles. The van der Waals surface area contributed by atoms with Gasteiger partial charge in [0, 0.05) is 36.5 Å². The number of aromatic nitrogens is 3. The Bertz CT molecular complexity index is 1170. The molecule has 2 aromatic carbocycles. The molecule has 0 radical (unpaired) electrons. The fourth-order valence-electron chi connectivity index (χ4n) is 2.94. The van der Waals surface area contributed by atoms with Gasteiger partial charge in [0.15, 0.2) is 5.82 Å². The van der Waals surface area contributed by atoms with Gasteiger partial charge in [-0.15, -0.1) is 0 Å². The van der Waals surface area contributed by atoms with E-state index in [1.165, 1.54) is 11.1 Å². The van der Waals surface area contributed by atoms with Crippen molar-refractivity contribution in [2.45, 2.75) is 0 Å². The zero-order valence-electron chi connectivity index (χ0n) is 16.8. The van der Waals surface area contributed by atoms with Gasteiger partial charge >= 0.3 is 6.03 Å². The van der Waals surface area contributed by atoms with Crippen molar-refractivity contribution in [2.24, 2.45) is 0 Å². The van der Waals surface area contributed by atoms with Crippen LogP contribution in [-0.4, -0.2) is 33.8 Å². The third-order valence-electron chi connectivity index (χ3n) is 4.56. The van der Waals surface area contributed by atoms with E-state index in [0.29, 0.717) is 28.4 Å². The Hall–Kier alpha value is -4.46. The normalized spacial score (nSPS) is 10.4. The minimum Gasteiger partial charge on any atom is -0.311 e.